The molecule has 1 fully saturated rings. The molecule has 1 saturated heterocycles. The third-order valence-corrected chi connectivity index (χ3v) is 5.76. The van der Waals surface area contributed by atoms with Gasteiger partial charge in [-0.15, -0.1) is 0 Å². The van der Waals surface area contributed by atoms with Gasteiger partial charge in [-0.1, -0.05) is 6.92 Å². The van der Waals surface area contributed by atoms with Gasteiger partial charge < -0.3 is 19.0 Å². The summed E-state index contributed by atoms with van der Waals surface area (Å²) in [4.78, 5) is 15.2. The molecule has 9 heteroatoms. The zero-order valence-corrected chi connectivity index (χ0v) is 18.2. The lowest BCUT2D eigenvalue weighted by molar-refractivity contribution is -0.154. The Hall–Kier alpha value is -3.20. The van der Waals surface area contributed by atoms with Crippen molar-refractivity contribution in [2.75, 3.05) is 20.2 Å². The van der Waals surface area contributed by atoms with Gasteiger partial charge in [-0.25, -0.2) is 0 Å². The van der Waals surface area contributed by atoms with Crippen LogP contribution in [-0.2, 0) is 12.7 Å². The fourth-order valence-corrected chi connectivity index (χ4v) is 4.13. The first kappa shape index (κ1) is 23.0. The first-order valence-corrected chi connectivity index (χ1v) is 10.6. The molecule has 0 aliphatic carbocycles. The van der Waals surface area contributed by atoms with Gasteiger partial charge in [0.05, 0.1) is 18.1 Å². The smallest absolute Gasteiger partial charge is 0.453 e. The fraction of sp³-hybridized carbons (Fsp3) is 0.375. The second-order valence-corrected chi connectivity index (χ2v) is 8.29. The van der Waals surface area contributed by atoms with Gasteiger partial charge in [0.2, 0.25) is 11.2 Å². The largest absolute Gasteiger partial charge is 0.507 e. The molecule has 1 atom stereocenters. The molecule has 1 aliphatic rings. The molecule has 0 saturated carbocycles. The molecule has 2 aromatic carbocycles. The van der Waals surface area contributed by atoms with Gasteiger partial charge in [-0.2, -0.15) is 13.2 Å². The first-order valence-electron chi connectivity index (χ1n) is 10.6. The van der Waals surface area contributed by atoms with Gasteiger partial charge in [0.1, 0.15) is 22.8 Å². The molecule has 0 spiro atoms. The Morgan fingerprint density at radius 3 is 2.48 bits per heavy atom. The molecule has 0 radical (unpaired) electrons. The number of aromatic hydroxyl groups is 1. The minimum absolute atomic E-state index is 0.0225. The van der Waals surface area contributed by atoms with E-state index in [4.69, 9.17) is 13.9 Å². The number of piperidine rings is 1. The molecular weight excluding hydrogens is 439 g/mol. The summed E-state index contributed by atoms with van der Waals surface area (Å²) in [6.45, 7) is 3.76. The Labute approximate surface area is 188 Å². The number of methoxy groups -OCH3 is 1. The van der Waals surface area contributed by atoms with E-state index < -0.39 is 23.1 Å². The Bertz CT molecular complexity index is 1200. The van der Waals surface area contributed by atoms with E-state index in [1.165, 1.54) is 43.5 Å². The molecule has 0 bridgehead atoms. The van der Waals surface area contributed by atoms with Gasteiger partial charge in [0.15, 0.2) is 0 Å². The van der Waals surface area contributed by atoms with Gasteiger partial charge in [-0.05, 0) is 61.7 Å². The molecule has 4 rings (SSSR count). The standard InChI is InChI=1S/C24H24F3NO5/c1-14-4-3-11-28(12-14)13-18-19(29)10-9-17-20(30)22(23(24(25,26)27)33-21(17)18)32-16-7-5-15(31-2)6-8-16/h5-10,14,29H,3-4,11-13H2,1-2H3/t14-/m0/s1. The van der Waals surface area contributed by atoms with Crippen LogP contribution < -0.4 is 14.9 Å². The van der Waals surface area contributed by atoms with Crippen LogP contribution >= 0.6 is 0 Å². The number of rotatable bonds is 5. The number of alkyl halides is 3. The Balaban J connectivity index is 1.83. The second-order valence-electron chi connectivity index (χ2n) is 8.29. The maximum absolute atomic E-state index is 13.9. The maximum atomic E-state index is 13.9. The van der Waals surface area contributed by atoms with E-state index in [2.05, 4.69) is 6.92 Å². The van der Waals surface area contributed by atoms with Crippen molar-refractivity contribution in [1.29, 1.82) is 0 Å². The number of benzene rings is 2. The highest BCUT2D eigenvalue weighted by molar-refractivity contribution is 5.83. The van der Waals surface area contributed by atoms with Crippen molar-refractivity contribution in [3.05, 3.63) is 57.9 Å². The van der Waals surface area contributed by atoms with Crippen LogP contribution in [0, 0.1) is 5.92 Å². The molecular formula is C24H24F3NO5. The highest BCUT2D eigenvalue weighted by Crippen LogP contribution is 2.40. The van der Waals surface area contributed by atoms with Crippen LogP contribution in [0.3, 0.4) is 0 Å². The normalized spacial score (nSPS) is 17.3. The van der Waals surface area contributed by atoms with Crippen LogP contribution in [0.5, 0.6) is 23.0 Å². The summed E-state index contributed by atoms with van der Waals surface area (Å²) in [5.74, 6) is -1.79. The number of hydrogen-bond donors (Lipinski definition) is 1. The van der Waals surface area contributed by atoms with E-state index in [-0.39, 0.29) is 34.6 Å². The average Bonchev–Trinajstić information content (AvgIpc) is 2.77. The second kappa shape index (κ2) is 8.97. The van der Waals surface area contributed by atoms with Gasteiger partial charge >= 0.3 is 6.18 Å². The van der Waals surface area contributed by atoms with Crippen molar-refractivity contribution >= 4 is 11.0 Å². The molecule has 0 unspecified atom stereocenters. The lowest BCUT2D eigenvalue weighted by atomic mass is 9.99. The Morgan fingerprint density at radius 1 is 1.15 bits per heavy atom. The molecule has 1 aromatic heterocycles. The Morgan fingerprint density at radius 2 is 1.85 bits per heavy atom. The zero-order valence-electron chi connectivity index (χ0n) is 18.2. The number of ether oxygens (including phenoxy) is 2. The lowest BCUT2D eigenvalue weighted by Gasteiger charge is -2.31. The number of phenolic OH excluding ortho intramolecular Hbond substituents is 1. The quantitative estimate of drug-likeness (QED) is 0.535. The average molecular weight is 463 g/mol. The highest BCUT2D eigenvalue weighted by atomic mass is 19.4. The van der Waals surface area contributed by atoms with Crippen LogP contribution in [0.2, 0.25) is 0 Å². The summed E-state index contributed by atoms with van der Waals surface area (Å²) in [7, 11) is 1.45. The van der Waals surface area contributed by atoms with Crippen LogP contribution in [0.25, 0.3) is 11.0 Å². The summed E-state index contributed by atoms with van der Waals surface area (Å²) in [5.41, 5.74) is -1.10. The number of likely N-dealkylation sites (tertiary alicyclic amines) is 1. The predicted molar refractivity (Wildman–Crippen MR) is 116 cm³/mol. The molecule has 0 amide bonds. The monoisotopic (exact) mass is 463 g/mol. The number of halogens is 3. The van der Waals surface area contributed by atoms with E-state index in [0.29, 0.717) is 11.7 Å². The topological polar surface area (TPSA) is 72.1 Å². The summed E-state index contributed by atoms with van der Waals surface area (Å²) < 4.78 is 57.4. The molecule has 3 aromatic rings. The first-order chi connectivity index (χ1) is 15.7. The summed E-state index contributed by atoms with van der Waals surface area (Å²) in [6, 6.07) is 8.33. The lowest BCUT2D eigenvalue weighted by Crippen LogP contribution is -2.33. The van der Waals surface area contributed by atoms with Crippen molar-refractivity contribution < 1.29 is 32.2 Å². The Kier molecular flexibility index (Phi) is 6.25. The van der Waals surface area contributed by atoms with Crippen LogP contribution in [0.4, 0.5) is 13.2 Å². The number of nitrogens with zero attached hydrogens (tertiary/aromatic N) is 1. The number of hydrogen-bond acceptors (Lipinski definition) is 6. The van der Waals surface area contributed by atoms with Crippen LogP contribution in [0.1, 0.15) is 31.1 Å². The van der Waals surface area contributed by atoms with Crippen molar-refractivity contribution in [3.63, 3.8) is 0 Å². The van der Waals surface area contributed by atoms with Crippen molar-refractivity contribution in [1.82, 2.24) is 4.90 Å². The number of fused-ring (bicyclic) bond motifs is 1. The highest BCUT2D eigenvalue weighted by Gasteiger charge is 2.41. The zero-order chi connectivity index (χ0) is 23.8. The molecule has 33 heavy (non-hydrogen) atoms. The van der Waals surface area contributed by atoms with E-state index in [1.807, 2.05) is 4.90 Å². The van der Waals surface area contributed by atoms with E-state index in [9.17, 15) is 23.1 Å². The number of phenols is 1. The van der Waals surface area contributed by atoms with Crippen LogP contribution in [0.15, 0.2) is 45.6 Å². The SMILES string of the molecule is COc1ccc(Oc2c(C(F)(F)F)oc3c(CN4CCC[C@H](C)C4)c(O)ccc3c2=O)cc1. The van der Waals surface area contributed by atoms with Crippen molar-refractivity contribution in [2.45, 2.75) is 32.5 Å². The van der Waals surface area contributed by atoms with E-state index in [0.717, 1.165) is 25.9 Å². The molecule has 1 aliphatic heterocycles. The predicted octanol–water partition coefficient (Wildman–Crippen LogP) is 5.55. The van der Waals surface area contributed by atoms with Gasteiger partial charge in [0, 0.05) is 13.1 Å². The molecule has 6 nitrogen and oxygen atoms in total. The maximum Gasteiger partial charge on any atom is 0.453 e. The minimum atomic E-state index is -4.99. The van der Waals surface area contributed by atoms with E-state index >= 15 is 0 Å². The van der Waals surface area contributed by atoms with E-state index in [1.54, 1.807) is 0 Å². The van der Waals surface area contributed by atoms with Crippen LogP contribution in [-0.4, -0.2) is 30.2 Å². The third-order valence-electron chi connectivity index (χ3n) is 5.76. The summed E-state index contributed by atoms with van der Waals surface area (Å²) >= 11 is 0. The van der Waals surface area contributed by atoms with Crippen molar-refractivity contribution in [2.24, 2.45) is 5.92 Å². The molecule has 176 valence electrons. The minimum Gasteiger partial charge on any atom is -0.507 e. The molecule has 2 heterocycles. The van der Waals surface area contributed by atoms with Gasteiger partial charge in [0.25, 0.3) is 5.76 Å². The third kappa shape index (κ3) is 4.78. The molecule has 1 N–H and O–H groups in total. The summed E-state index contributed by atoms with van der Waals surface area (Å²) in [5, 5.41) is 10.3. The van der Waals surface area contributed by atoms with Gasteiger partial charge in [-0.3, -0.25) is 9.69 Å². The summed E-state index contributed by atoms with van der Waals surface area (Å²) in [6.07, 6.45) is -2.97. The van der Waals surface area contributed by atoms with Crippen molar-refractivity contribution in [3.8, 4) is 23.0 Å². The fourth-order valence-electron chi connectivity index (χ4n) is 4.13.